The normalized spacial score (nSPS) is 11.6. The Kier molecular flexibility index (Phi) is 9.02. The monoisotopic (exact) mass is 879 g/mol. The van der Waals surface area contributed by atoms with Gasteiger partial charge in [0.25, 0.3) is 0 Å². The van der Waals surface area contributed by atoms with Crippen LogP contribution in [-0.2, 0) is 0 Å². The zero-order valence-corrected chi connectivity index (χ0v) is 37.9. The second kappa shape index (κ2) is 15.6. The molecule has 0 spiro atoms. The molecule has 0 fully saturated rings. The predicted molar refractivity (Wildman–Crippen MR) is 286 cm³/mol. The molecular formula is C64H41N5. The topological polar surface area (TPSA) is 42.9 Å². The van der Waals surface area contributed by atoms with E-state index in [9.17, 15) is 11.8 Å². The lowest BCUT2D eigenvalue weighted by atomic mass is 9.93. The smallest absolute Gasteiger partial charge is 0.221 e. The second-order valence-electron chi connectivity index (χ2n) is 18.0. The zero-order chi connectivity index (χ0) is 46.3. The third-order valence-corrected chi connectivity index (χ3v) is 14.0. The number of nitrogens with zero attached hydrogens (tertiary/aromatic N) is 5. The molecule has 69 heavy (non-hydrogen) atoms. The van der Waals surface area contributed by atoms with Crippen molar-refractivity contribution in [3.05, 3.63) is 240 Å². The lowest BCUT2D eigenvalue weighted by Crippen LogP contribution is -2.13. The summed E-state index contributed by atoms with van der Waals surface area (Å²) in [5.41, 5.74) is 16.9. The highest BCUT2D eigenvalue weighted by Crippen LogP contribution is 2.52. The van der Waals surface area contributed by atoms with Crippen LogP contribution in [-0.4, -0.2) is 13.7 Å². The van der Waals surface area contributed by atoms with Gasteiger partial charge < -0.3 is 13.7 Å². The minimum Gasteiger partial charge on any atom is -0.317 e. The molecule has 0 bridgehead atoms. The van der Waals surface area contributed by atoms with Crippen LogP contribution in [0.4, 0.5) is 5.69 Å². The lowest BCUT2D eigenvalue weighted by Gasteiger charge is -2.27. The number of para-hydroxylation sites is 2. The van der Waals surface area contributed by atoms with Gasteiger partial charge in [0.05, 0.1) is 62.3 Å². The van der Waals surface area contributed by atoms with Crippen molar-refractivity contribution in [1.82, 2.24) is 13.7 Å². The summed E-state index contributed by atoms with van der Waals surface area (Å²) >= 11 is 0. The lowest BCUT2D eigenvalue weighted by molar-refractivity contribution is 1.05. The van der Waals surface area contributed by atoms with Gasteiger partial charge in [0.1, 0.15) is 6.07 Å². The number of benzene rings is 10. The molecule has 0 N–H and O–H groups in total. The molecule has 5 heteroatoms. The molecule has 0 amide bonds. The molecule has 10 aromatic carbocycles. The SMILES string of the molecule is [C-]#[N+]c1c(-c2ccccc2)c(C#N)c(-n2c3ccccc3c3cc(-c4ccccc4)ccc32)c(-n2c3ccc(C)cc3c3cc(C)ccc32)c1-n1c2ccccc2c2cc(-c3ccccc3)ccc21. The Balaban J connectivity index is 1.31. The molecule has 13 rings (SSSR count). The molecular weight excluding hydrogens is 839 g/mol. The van der Waals surface area contributed by atoms with Gasteiger partial charge in [-0.05, 0) is 102 Å². The Morgan fingerprint density at radius 2 is 0.739 bits per heavy atom. The molecule has 0 aliphatic rings. The highest BCUT2D eigenvalue weighted by molar-refractivity contribution is 6.16. The van der Waals surface area contributed by atoms with E-state index >= 15 is 0 Å². The molecule has 3 aromatic heterocycles. The number of hydrogen-bond donors (Lipinski definition) is 0. The molecule has 322 valence electrons. The van der Waals surface area contributed by atoms with Crippen molar-refractivity contribution in [2.45, 2.75) is 13.8 Å². The first-order chi connectivity index (χ1) is 34.0. The fourth-order valence-electron chi connectivity index (χ4n) is 11.0. The average molecular weight is 880 g/mol. The van der Waals surface area contributed by atoms with Crippen LogP contribution in [0, 0.1) is 31.8 Å². The Morgan fingerprint density at radius 3 is 1.20 bits per heavy atom. The quantitative estimate of drug-likeness (QED) is 0.153. The van der Waals surface area contributed by atoms with Gasteiger partial charge in [-0.15, -0.1) is 0 Å². The number of rotatable bonds is 6. The van der Waals surface area contributed by atoms with E-state index in [2.05, 4.69) is 208 Å². The van der Waals surface area contributed by atoms with Crippen molar-refractivity contribution in [1.29, 1.82) is 5.26 Å². The van der Waals surface area contributed by atoms with E-state index in [0.717, 1.165) is 110 Å². The first-order valence-electron chi connectivity index (χ1n) is 23.3. The zero-order valence-electron chi connectivity index (χ0n) is 37.9. The maximum atomic E-state index is 12.1. The Morgan fingerprint density at radius 1 is 0.362 bits per heavy atom. The molecule has 0 radical (unpaired) electrons. The van der Waals surface area contributed by atoms with Gasteiger partial charge in [-0.3, -0.25) is 0 Å². The molecule has 0 saturated heterocycles. The predicted octanol–water partition coefficient (Wildman–Crippen LogP) is 17.0. The standard InChI is InChI=1S/C64H41N5/c1-40-27-31-56-49(35-40)50-36-41(2)28-32-57(50)69(56)64-62(67-54-25-15-13-23-47(54)51-37-45(29-33-58(51)67)42-17-7-4-8-18-42)53(39-65)60(44-21-11-6-12-22-44)61(66-3)63(64)68-55-26-16-14-24-48(55)52-38-46(30-34-59(52)68)43-19-9-5-10-20-43/h4-38H,1-2H3. The van der Waals surface area contributed by atoms with Gasteiger partial charge in [-0.2, -0.15) is 5.26 Å². The summed E-state index contributed by atoms with van der Waals surface area (Å²) in [7, 11) is 0. The highest BCUT2D eigenvalue weighted by Gasteiger charge is 2.33. The van der Waals surface area contributed by atoms with Gasteiger partial charge >= 0.3 is 0 Å². The minimum absolute atomic E-state index is 0.396. The number of hydrogen-bond acceptors (Lipinski definition) is 1. The molecule has 0 unspecified atom stereocenters. The van der Waals surface area contributed by atoms with E-state index in [0.29, 0.717) is 28.2 Å². The first kappa shape index (κ1) is 39.9. The van der Waals surface area contributed by atoms with Crippen molar-refractivity contribution in [3.8, 4) is 56.5 Å². The summed E-state index contributed by atoms with van der Waals surface area (Å²) < 4.78 is 6.95. The Labute approximate surface area is 399 Å². The van der Waals surface area contributed by atoms with Gasteiger partial charge in [0, 0.05) is 37.9 Å². The van der Waals surface area contributed by atoms with Gasteiger partial charge in [0.2, 0.25) is 5.69 Å². The van der Waals surface area contributed by atoms with Crippen LogP contribution in [0.2, 0.25) is 0 Å². The average Bonchev–Trinajstić information content (AvgIpc) is 4.02. The Bertz CT molecular complexity index is 4070. The van der Waals surface area contributed by atoms with Crippen molar-refractivity contribution < 1.29 is 0 Å². The van der Waals surface area contributed by atoms with Crippen LogP contribution in [0.3, 0.4) is 0 Å². The van der Waals surface area contributed by atoms with Crippen LogP contribution in [0.1, 0.15) is 16.7 Å². The second-order valence-corrected chi connectivity index (χ2v) is 18.0. The molecule has 0 saturated carbocycles. The number of aryl methyl sites for hydroxylation is 2. The van der Waals surface area contributed by atoms with E-state index < -0.39 is 0 Å². The molecule has 0 atom stereocenters. The summed E-state index contributed by atoms with van der Waals surface area (Å²) in [6, 6.07) is 77.5. The number of aromatic nitrogens is 3. The van der Waals surface area contributed by atoms with E-state index in [4.69, 9.17) is 0 Å². The van der Waals surface area contributed by atoms with E-state index in [1.54, 1.807) is 0 Å². The minimum atomic E-state index is 0.396. The summed E-state index contributed by atoms with van der Waals surface area (Å²) in [5, 5.41) is 18.5. The molecule has 3 heterocycles. The van der Waals surface area contributed by atoms with Crippen molar-refractivity contribution in [3.63, 3.8) is 0 Å². The van der Waals surface area contributed by atoms with Crippen LogP contribution in [0.15, 0.2) is 212 Å². The number of nitriles is 1. The molecule has 13 aromatic rings. The number of fused-ring (bicyclic) bond motifs is 9. The van der Waals surface area contributed by atoms with Gasteiger partial charge in [0.15, 0.2) is 0 Å². The van der Waals surface area contributed by atoms with Gasteiger partial charge in [-0.1, -0.05) is 163 Å². The third kappa shape index (κ3) is 6.01. The summed E-state index contributed by atoms with van der Waals surface area (Å²) in [4.78, 5) is 4.60. The maximum Gasteiger partial charge on any atom is 0.221 e. The molecule has 0 aliphatic carbocycles. The van der Waals surface area contributed by atoms with Crippen LogP contribution in [0.25, 0.3) is 121 Å². The third-order valence-electron chi connectivity index (χ3n) is 14.0. The fraction of sp³-hybridized carbons (Fsp3) is 0.0312. The Hall–Kier alpha value is -9.42. The van der Waals surface area contributed by atoms with Crippen LogP contribution in [0.5, 0.6) is 0 Å². The van der Waals surface area contributed by atoms with Crippen molar-refractivity contribution in [2.75, 3.05) is 0 Å². The highest BCUT2D eigenvalue weighted by atomic mass is 15.1. The fourth-order valence-corrected chi connectivity index (χ4v) is 11.0. The van der Waals surface area contributed by atoms with E-state index in [-0.39, 0.29) is 0 Å². The molecule has 5 nitrogen and oxygen atoms in total. The molecule has 0 aliphatic heterocycles. The van der Waals surface area contributed by atoms with E-state index in [1.807, 2.05) is 42.5 Å². The first-order valence-corrected chi connectivity index (χ1v) is 23.3. The summed E-state index contributed by atoms with van der Waals surface area (Å²) in [6.45, 7) is 13.7. The van der Waals surface area contributed by atoms with Crippen LogP contribution >= 0.6 is 0 Å². The summed E-state index contributed by atoms with van der Waals surface area (Å²) in [5.74, 6) is 0. The van der Waals surface area contributed by atoms with Crippen LogP contribution < -0.4 is 0 Å². The maximum absolute atomic E-state index is 12.1. The summed E-state index contributed by atoms with van der Waals surface area (Å²) in [6.07, 6.45) is 0. The van der Waals surface area contributed by atoms with Crippen molar-refractivity contribution in [2.24, 2.45) is 0 Å². The van der Waals surface area contributed by atoms with E-state index in [1.165, 1.54) is 0 Å². The van der Waals surface area contributed by atoms with Crippen molar-refractivity contribution >= 4 is 71.1 Å². The van der Waals surface area contributed by atoms with Gasteiger partial charge in [-0.25, -0.2) is 4.85 Å². The largest absolute Gasteiger partial charge is 0.317 e.